The largest absolute Gasteiger partial charge is 0.394 e. The van der Waals surface area contributed by atoms with E-state index >= 15 is 0 Å². The van der Waals surface area contributed by atoms with Gasteiger partial charge in [-0.15, -0.1) is 0 Å². The highest BCUT2D eigenvalue weighted by Crippen LogP contribution is 2.34. The molecule has 19 atom stereocenters. The Morgan fingerprint density at radius 3 is 1.57 bits per heavy atom. The van der Waals surface area contributed by atoms with Crippen molar-refractivity contribution in [3.8, 4) is 0 Å². The van der Waals surface area contributed by atoms with E-state index in [2.05, 4.69) is 0 Å². The summed E-state index contributed by atoms with van der Waals surface area (Å²) in [7, 11) is 0. The summed E-state index contributed by atoms with van der Waals surface area (Å²) < 4.78 is 34.2. The Morgan fingerprint density at radius 1 is 0.548 bits per heavy atom. The molecule has 17 N–H and O–H groups in total. The second-order valence-corrected chi connectivity index (χ2v) is 11.1. The summed E-state index contributed by atoms with van der Waals surface area (Å²) in [5, 5.41) is 92.5. The molecule has 19 heteroatoms. The molecule has 0 aromatic carbocycles. The first-order valence-electron chi connectivity index (χ1n) is 13.7. The second kappa shape index (κ2) is 14.1. The lowest BCUT2D eigenvalue weighted by Gasteiger charge is -2.46. The van der Waals surface area contributed by atoms with Crippen LogP contribution in [0.15, 0.2) is 0 Å². The molecule has 19 nitrogen and oxygen atoms in total. The van der Waals surface area contributed by atoms with Crippen LogP contribution in [-0.4, -0.2) is 182 Å². The molecule has 0 radical (unpaired) electrons. The van der Waals surface area contributed by atoms with E-state index in [0.717, 1.165) is 0 Å². The van der Waals surface area contributed by atoms with Crippen molar-refractivity contribution in [2.24, 2.45) is 22.9 Å². The van der Waals surface area contributed by atoms with Gasteiger partial charge in [0.25, 0.3) is 0 Å². The SMILES string of the molecule is NC[C@@H]1O[C@@H](O[C@H]2[C@H](O)[C@@H](O[C@@H]3[C@H](O)[C@H](O)C[C@@H](N)[C@H]3O[C@H]3O[C@H](CO)[C@@H](O)[C@@H](O)[C@@H]3N)O[C@H]2CO)[C@H](N)[C@@H](O)[C@@H]1O. The molecule has 1 aliphatic carbocycles. The average molecular weight is 617 g/mol. The van der Waals surface area contributed by atoms with Gasteiger partial charge in [-0.05, 0) is 6.42 Å². The molecule has 4 aliphatic rings. The zero-order valence-electron chi connectivity index (χ0n) is 22.6. The minimum absolute atomic E-state index is 0.158. The van der Waals surface area contributed by atoms with Gasteiger partial charge in [0.1, 0.15) is 73.2 Å². The van der Waals surface area contributed by atoms with Crippen molar-refractivity contribution in [1.29, 1.82) is 0 Å². The molecule has 0 spiro atoms. The summed E-state index contributed by atoms with van der Waals surface area (Å²) >= 11 is 0. The van der Waals surface area contributed by atoms with Crippen LogP contribution in [0.5, 0.6) is 0 Å². The fourth-order valence-electron chi connectivity index (χ4n) is 5.64. The summed E-state index contributed by atoms with van der Waals surface area (Å²) in [5.74, 6) is 0. The summed E-state index contributed by atoms with van der Waals surface area (Å²) in [6.45, 7) is -1.54. The lowest BCUT2D eigenvalue weighted by Crippen LogP contribution is -2.67. The zero-order valence-corrected chi connectivity index (χ0v) is 22.6. The minimum Gasteiger partial charge on any atom is -0.394 e. The topological polar surface area (TPSA) is 342 Å². The maximum atomic E-state index is 11.1. The van der Waals surface area contributed by atoms with E-state index < -0.39 is 130 Å². The van der Waals surface area contributed by atoms with Crippen LogP contribution in [0.4, 0.5) is 0 Å². The van der Waals surface area contributed by atoms with Crippen molar-refractivity contribution in [3.05, 3.63) is 0 Å². The van der Waals surface area contributed by atoms with Gasteiger partial charge in [-0.25, -0.2) is 0 Å². The van der Waals surface area contributed by atoms with E-state index in [-0.39, 0.29) is 13.0 Å². The molecule has 0 amide bonds. The molecule has 4 rings (SSSR count). The van der Waals surface area contributed by atoms with Crippen molar-refractivity contribution < 1.29 is 74.4 Å². The predicted molar refractivity (Wildman–Crippen MR) is 134 cm³/mol. The molecule has 0 aromatic heterocycles. The summed E-state index contributed by atoms with van der Waals surface area (Å²) in [5.41, 5.74) is 23.7. The number of nitrogens with two attached hydrogens (primary N) is 4. The van der Waals surface area contributed by atoms with Crippen LogP contribution in [0.25, 0.3) is 0 Å². The quantitative estimate of drug-likeness (QED) is 0.114. The third kappa shape index (κ3) is 6.60. The van der Waals surface area contributed by atoms with E-state index in [0.29, 0.717) is 0 Å². The van der Waals surface area contributed by atoms with Crippen molar-refractivity contribution in [2.75, 3.05) is 19.8 Å². The van der Waals surface area contributed by atoms with Gasteiger partial charge >= 0.3 is 0 Å². The zero-order chi connectivity index (χ0) is 31.0. The van der Waals surface area contributed by atoms with Gasteiger partial charge < -0.3 is 97.3 Å². The maximum absolute atomic E-state index is 11.1. The number of rotatable bonds is 9. The molecule has 246 valence electrons. The van der Waals surface area contributed by atoms with Gasteiger partial charge in [0.05, 0.1) is 31.4 Å². The first-order chi connectivity index (χ1) is 19.8. The van der Waals surface area contributed by atoms with Crippen LogP contribution in [0.2, 0.25) is 0 Å². The summed E-state index contributed by atoms with van der Waals surface area (Å²) in [6, 6.07) is -3.58. The van der Waals surface area contributed by atoms with Gasteiger partial charge in [-0.2, -0.15) is 0 Å². The predicted octanol–water partition coefficient (Wildman–Crippen LogP) is -8.83. The van der Waals surface area contributed by atoms with E-state index in [9.17, 15) is 46.0 Å². The average Bonchev–Trinajstić information content (AvgIpc) is 3.27. The first-order valence-corrected chi connectivity index (χ1v) is 13.7. The summed E-state index contributed by atoms with van der Waals surface area (Å²) in [4.78, 5) is 0. The molecule has 42 heavy (non-hydrogen) atoms. The van der Waals surface area contributed by atoms with Crippen LogP contribution in [0, 0.1) is 0 Å². The van der Waals surface area contributed by atoms with E-state index in [1.54, 1.807) is 0 Å². The Hall–Kier alpha value is -0.760. The van der Waals surface area contributed by atoms with Gasteiger partial charge in [-0.1, -0.05) is 0 Å². The van der Waals surface area contributed by atoms with Crippen molar-refractivity contribution in [2.45, 2.75) is 123 Å². The lowest BCUT2D eigenvalue weighted by atomic mass is 9.85. The number of aliphatic hydroxyl groups excluding tert-OH is 9. The molecular weight excluding hydrogens is 572 g/mol. The normalized spacial score (nSPS) is 53.8. The number of ether oxygens (including phenoxy) is 6. The van der Waals surface area contributed by atoms with Crippen LogP contribution in [0.1, 0.15) is 6.42 Å². The monoisotopic (exact) mass is 616 g/mol. The van der Waals surface area contributed by atoms with Crippen molar-refractivity contribution in [1.82, 2.24) is 0 Å². The smallest absolute Gasteiger partial charge is 0.187 e. The Bertz CT molecular complexity index is 865. The van der Waals surface area contributed by atoms with Crippen molar-refractivity contribution in [3.63, 3.8) is 0 Å². The fourth-order valence-corrected chi connectivity index (χ4v) is 5.64. The highest BCUT2D eigenvalue weighted by atomic mass is 16.8. The molecule has 4 fully saturated rings. The maximum Gasteiger partial charge on any atom is 0.187 e. The highest BCUT2D eigenvalue weighted by molar-refractivity contribution is 5.01. The molecule has 1 saturated carbocycles. The van der Waals surface area contributed by atoms with E-state index in [1.807, 2.05) is 0 Å². The molecule has 0 aromatic rings. The minimum atomic E-state index is -1.66. The number of hydrogen-bond acceptors (Lipinski definition) is 19. The second-order valence-electron chi connectivity index (χ2n) is 11.1. The van der Waals surface area contributed by atoms with E-state index in [1.165, 1.54) is 0 Å². The first kappa shape index (κ1) is 34.1. The Balaban J connectivity index is 1.50. The standard InChI is InChI=1S/C23H44N4O15/c24-2-7-13(32)15(34)10(26)21(37-7)41-19-9(4-29)39-23(17(19)36)42-20-12(31)6(30)1-5(25)18(20)40-22-11(27)16(35)14(33)8(3-28)38-22/h5-23,28-36H,1-4,24-27H2/t5-,6-,7+,8-,9+,10-,11+,12-,13-,14-,15-,16+,17+,18-,19-,20-,21+,22-,23-/m1/s1. The third-order valence-corrected chi connectivity index (χ3v) is 8.24. The molecule has 3 heterocycles. The van der Waals surface area contributed by atoms with Gasteiger partial charge in [0.15, 0.2) is 18.9 Å². The lowest BCUT2D eigenvalue weighted by molar-refractivity contribution is -0.315. The Morgan fingerprint density at radius 2 is 1.02 bits per heavy atom. The van der Waals surface area contributed by atoms with Crippen LogP contribution >= 0.6 is 0 Å². The Kier molecular flexibility index (Phi) is 11.5. The highest BCUT2D eigenvalue weighted by Gasteiger charge is 2.54. The number of hydrogen-bond donors (Lipinski definition) is 13. The van der Waals surface area contributed by atoms with Crippen LogP contribution in [0.3, 0.4) is 0 Å². The Labute approximate surface area is 240 Å². The molecule has 0 bridgehead atoms. The molecular formula is C23H44N4O15. The van der Waals surface area contributed by atoms with Crippen LogP contribution < -0.4 is 22.9 Å². The molecule has 0 unspecified atom stereocenters. The fraction of sp³-hybridized carbons (Fsp3) is 1.00. The van der Waals surface area contributed by atoms with E-state index in [4.69, 9.17) is 51.4 Å². The van der Waals surface area contributed by atoms with Gasteiger partial charge in [0, 0.05) is 12.6 Å². The number of aliphatic hydroxyl groups is 9. The summed E-state index contributed by atoms with van der Waals surface area (Å²) in [6.07, 6.45) is -22.9. The van der Waals surface area contributed by atoms with Crippen molar-refractivity contribution >= 4 is 0 Å². The van der Waals surface area contributed by atoms with Gasteiger partial charge in [0.2, 0.25) is 0 Å². The molecule has 3 saturated heterocycles. The molecule has 3 aliphatic heterocycles. The third-order valence-electron chi connectivity index (χ3n) is 8.24. The van der Waals surface area contributed by atoms with Crippen LogP contribution in [-0.2, 0) is 28.4 Å². The van der Waals surface area contributed by atoms with Gasteiger partial charge in [-0.3, -0.25) is 0 Å².